The van der Waals surface area contributed by atoms with E-state index in [0.29, 0.717) is 5.75 Å². The molecule has 0 radical (unpaired) electrons. The van der Waals surface area contributed by atoms with Gasteiger partial charge >= 0.3 is 0 Å². The van der Waals surface area contributed by atoms with E-state index in [0.717, 1.165) is 24.2 Å². The van der Waals surface area contributed by atoms with E-state index < -0.39 is 0 Å². The van der Waals surface area contributed by atoms with E-state index in [2.05, 4.69) is 11.2 Å². The lowest BCUT2D eigenvalue weighted by Crippen LogP contribution is -2.04. The van der Waals surface area contributed by atoms with Crippen LogP contribution in [0.4, 0.5) is 5.69 Å². The maximum absolute atomic E-state index is 9.18. The molecule has 90 valence electrons. The fraction of sp³-hybridized carbons (Fsp3) is 0.125. The Morgan fingerprint density at radius 1 is 1.11 bits per heavy atom. The molecule has 0 fully saturated rings. The molecule has 0 aromatic heterocycles. The van der Waals surface area contributed by atoms with Gasteiger partial charge in [-0.1, -0.05) is 24.1 Å². The van der Waals surface area contributed by atoms with Crippen LogP contribution in [0.3, 0.4) is 0 Å². The Balaban J connectivity index is 1.88. The molecule has 2 nitrogen and oxygen atoms in total. The van der Waals surface area contributed by atoms with Gasteiger partial charge in [0.15, 0.2) is 0 Å². The van der Waals surface area contributed by atoms with Gasteiger partial charge in [-0.2, -0.15) is 0 Å². The highest BCUT2D eigenvalue weighted by Crippen LogP contribution is 2.12. The summed E-state index contributed by atoms with van der Waals surface area (Å²) in [7, 11) is 0. The quantitative estimate of drug-likeness (QED) is 0.801. The fourth-order valence-corrected chi connectivity index (χ4v) is 1.73. The summed E-state index contributed by atoms with van der Waals surface area (Å²) < 4.78 is 0. The van der Waals surface area contributed by atoms with Crippen LogP contribution in [0.2, 0.25) is 0 Å². The molecule has 0 aliphatic carbocycles. The van der Waals surface area contributed by atoms with Gasteiger partial charge in [0.2, 0.25) is 0 Å². The SMILES string of the molecule is C#Cc1cccc(NCCc2ccc(O)cc2)c1. The van der Waals surface area contributed by atoms with E-state index in [1.54, 1.807) is 12.1 Å². The molecule has 0 unspecified atom stereocenters. The Hall–Kier alpha value is -2.40. The van der Waals surface area contributed by atoms with E-state index in [-0.39, 0.29) is 0 Å². The van der Waals surface area contributed by atoms with Crippen molar-refractivity contribution in [3.8, 4) is 18.1 Å². The van der Waals surface area contributed by atoms with E-state index in [4.69, 9.17) is 6.42 Å². The number of benzene rings is 2. The standard InChI is InChI=1S/C16H15NO/c1-2-13-4-3-5-15(12-13)17-11-10-14-6-8-16(18)9-7-14/h1,3-9,12,17-18H,10-11H2. The number of anilines is 1. The molecule has 0 saturated heterocycles. The number of terminal acetylenes is 1. The molecule has 0 amide bonds. The highest BCUT2D eigenvalue weighted by Gasteiger charge is 1.95. The number of nitrogens with one attached hydrogen (secondary N) is 1. The van der Waals surface area contributed by atoms with Gasteiger partial charge in [-0.05, 0) is 42.3 Å². The smallest absolute Gasteiger partial charge is 0.115 e. The maximum atomic E-state index is 9.18. The summed E-state index contributed by atoms with van der Waals surface area (Å²) in [6, 6.07) is 15.1. The van der Waals surface area contributed by atoms with E-state index in [1.165, 1.54) is 5.56 Å². The van der Waals surface area contributed by atoms with Crippen molar-refractivity contribution in [3.63, 3.8) is 0 Å². The molecule has 0 heterocycles. The summed E-state index contributed by atoms with van der Waals surface area (Å²) in [6.45, 7) is 0.832. The van der Waals surface area contributed by atoms with Crippen molar-refractivity contribution in [1.82, 2.24) is 0 Å². The van der Waals surface area contributed by atoms with Crippen molar-refractivity contribution in [2.24, 2.45) is 0 Å². The minimum absolute atomic E-state index is 0.299. The first-order chi connectivity index (χ1) is 8.78. The molecular weight excluding hydrogens is 222 g/mol. The van der Waals surface area contributed by atoms with Gasteiger partial charge in [0, 0.05) is 17.8 Å². The summed E-state index contributed by atoms with van der Waals surface area (Å²) in [5, 5.41) is 12.5. The first-order valence-corrected chi connectivity index (χ1v) is 5.86. The molecule has 0 saturated carbocycles. The molecule has 0 bridgehead atoms. The summed E-state index contributed by atoms with van der Waals surface area (Å²) in [5.41, 5.74) is 3.10. The predicted octanol–water partition coefficient (Wildman–Crippen LogP) is 3.03. The van der Waals surface area contributed by atoms with Gasteiger partial charge in [-0.3, -0.25) is 0 Å². The van der Waals surface area contributed by atoms with E-state index in [9.17, 15) is 5.11 Å². The van der Waals surface area contributed by atoms with Crippen LogP contribution in [-0.2, 0) is 6.42 Å². The van der Waals surface area contributed by atoms with Crippen LogP contribution in [0.15, 0.2) is 48.5 Å². The number of hydrogen-bond acceptors (Lipinski definition) is 2. The normalized spacial score (nSPS) is 9.72. The maximum Gasteiger partial charge on any atom is 0.115 e. The Kier molecular flexibility index (Phi) is 3.88. The van der Waals surface area contributed by atoms with Gasteiger partial charge in [0.25, 0.3) is 0 Å². The third kappa shape index (κ3) is 3.29. The van der Waals surface area contributed by atoms with Gasteiger partial charge in [0.1, 0.15) is 5.75 Å². The average molecular weight is 237 g/mol. The predicted molar refractivity (Wildman–Crippen MR) is 74.7 cm³/mol. The average Bonchev–Trinajstić information content (AvgIpc) is 2.41. The van der Waals surface area contributed by atoms with Gasteiger partial charge < -0.3 is 10.4 Å². The molecule has 2 aromatic carbocycles. The second-order valence-electron chi connectivity index (χ2n) is 4.07. The molecule has 0 atom stereocenters. The Bertz CT molecular complexity index is 552. The lowest BCUT2D eigenvalue weighted by Gasteiger charge is -2.07. The van der Waals surface area contributed by atoms with Crippen LogP contribution in [-0.4, -0.2) is 11.7 Å². The van der Waals surface area contributed by atoms with Crippen LogP contribution < -0.4 is 5.32 Å². The molecule has 2 N–H and O–H groups in total. The van der Waals surface area contributed by atoms with Crippen molar-refractivity contribution in [2.75, 3.05) is 11.9 Å². The summed E-state index contributed by atoms with van der Waals surface area (Å²) in [4.78, 5) is 0. The first-order valence-electron chi connectivity index (χ1n) is 5.86. The van der Waals surface area contributed by atoms with E-state index in [1.807, 2.05) is 36.4 Å². The number of phenolic OH excluding ortho intramolecular Hbond substituents is 1. The highest BCUT2D eigenvalue weighted by atomic mass is 16.3. The number of hydrogen-bond donors (Lipinski definition) is 2. The molecule has 0 aliphatic heterocycles. The van der Waals surface area contributed by atoms with Crippen molar-refractivity contribution in [3.05, 3.63) is 59.7 Å². The lowest BCUT2D eigenvalue weighted by atomic mass is 10.1. The molecule has 0 aliphatic rings. The van der Waals surface area contributed by atoms with Crippen LogP contribution >= 0.6 is 0 Å². The van der Waals surface area contributed by atoms with Crippen LogP contribution in [0.25, 0.3) is 0 Å². The van der Waals surface area contributed by atoms with Crippen LogP contribution in [0.5, 0.6) is 5.75 Å². The largest absolute Gasteiger partial charge is 0.508 e. The second kappa shape index (κ2) is 5.79. The van der Waals surface area contributed by atoms with Crippen molar-refractivity contribution >= 4 is 5.69 Å². The van der Waals surface area contributed by atoms with Crippen molar-refractivity contribution in [2.45, 2.75) is 6.42 Å². The minimum Gasteiger partial charge on any atom is -0.508 e. The van der Waals surface area contributed by atoms with Gasteiger partial charge in [-0.25, -0.2) is 0 Å². The molecule has 0 spiro atoms. The minimum atomic E-state index is 0.299. The van der Waals surface area contributed by atoms with Crippen LogP contribution in [0.1, 0.15) is 11.1 Å². The Morgan fingerprint density at radius 3 is 2.61 bits per heavy atom. The zero-order chi connectivity index (χ0) is 12.8. The molecule has 2 aromatic rings. The topological polar surface area (TPSA) is 32.3 Å². The number of phenols is 1. The lowest BCUT2D eigenvalue weighted by molar-refractivity contribution is 0.475. The molecule has 2 heteroatoms. The zero-order valence-corrected chi connectivity index (χ0v) is 10.1. The monoisotopic (exact) mass is 237 g/mol. The van der Waals surface area contributed by atoms with Crippen molar-refractivity contribution in [1.29, 1.82) is 0 Å². The first kappa shape index (κ1) is 12.1. The van der Waals surface area contributed by atoms with Gasteiger partial charge in [0.05, 0.1) is 0 Å². The second-order valence-corrected chi connectivity index (χ2v) is 4.07. The van der Waals surface area contributed by atoms with E-state index >= 15 is 0 Å². The summed E-state index contributed by atoms with van der Waals surface area (Å²) in [5.74, 6) is 2.91. The summed E-state index contributed by atoms with van der Waals surface area (Å²) >= 11 is 0. The van der Waals surface area contributed by atoms with Crippen molar-refractivity contribution < 1.29 is 5.11 Å². The van der Waals surface area contributed by atoms with Crippen LogP contribution in [0, 0.1) is 12.3 Å². The third-order valence-electron chi connectivity index (χ3n) is 2.71. The Morgan fingerprint density at radius 2 is 1.89 bits per heavy atom. The third-order valence-corrected chi connectivity index (χ3v) is 2.71. The highest BCUT2D eigenvalue weighted by molar-refractivity contribution is 5.50. The molecular formula is C16H15NO. The summed E-state index contributed by atoms with van der Waals surface area (Å²) in [6.07, 6.45) is 6.25. The Labute approximate surface area is 107 Å². The number of rotatable bonds is 4. The molecule has 18 heavy (non-hydrogen) atoms. The number of aromatic hydroxyl groups is 1. The molecule has 2 rings (SSSR count). The van der Waals surface area contributed by atoms with Gasteiger partial charge in [-0.15, -0.1) is 6.42 Å². The fourth-order valence-electron chi connectivity index (χ4n) is 1.73. The zero-order valence-electron chi connectivity index (χ0n) is 10.1.